The van der Waals surface area contributed by atoms with E-state index in [4.69, 9.17) is 0 Å². The van der Waals surface area contributed by atoms with Crippen LogP contribution in [0.1, 0.15) is 6.42 Å². The molecule has 1 heterocycles. The molecule has 1 aliphatic rings. The number of halogens is 2. The topological polar surface area (TPSA) is 49.4 Å². The van der Waals surface area contributed by atoms with E-state index in [1.54, 1.807) is 4.90 Å². The summed E-state index contributed by atoms with van der Waals surface area (Å²) in [6.07, 6.45) is 0.346. The zero-order valence-corrected chi connectivity index (χ0v) is 11.9. The normalized spacial score (nSPS) is 16.2. The summed E-state index contributed by atoms with van der Waals surface area (Å²) in [5, 5.41) is 2.30. The number of carbonyl (C=O) groups excluding carboxylic acids is 2. The number of hydrogen-bond acceptors (Lipinski definition) is 2. The molecular weight excluding hydrogens is 387 g/mol. The lowest BCUT2D eigenvalue weighted by Gasteiger charge is -2.26. The number of rotatable bonds is 1. The maximum atomic E-state index is 11.6. The van der Waals surface area contributed by atoms with E-state index in [1.807, 2.05) is 18.2 Å². The smallest absolute Gasteiger partial charge is 0.294 e. The van der Waals surface area contributed by atoms with Crippen LogP contribution >= 0.6 is 38.5 Å². The molecule has 4 nitrogen and oxygen atoms in total. The number of hydrogen-bond donors (Lipinski definition) is 1. The Morgan fingerprint density at radius 2 is 2.12 bits per heavy atom. The van der Waals surface area contributed by atoms with Gasteiger partial charge in [0, 0.05) is 26.7 Å². The number of benzene rings is 1. The van der Waals surface area contributed by atoms with Crippen molar-refractivity contribution < 1.29 is 9.59 Å². The van der Waals surface area contributed by atoms with Gasteiger partial charge < -0.3 is 0 Å². The van der Waals surface area contributed by atoms with Crippen molar-refractivity contribution in [2.75, 3.05) is 11.4 Å². The van der Waals surface area contributed by atoms with Crippen LogP contribution in [0.4, 0.5) is 10.5 Å². The summed E-state index contributed by atoms with van der Waals surface area (Å²) >= 11 is 5.58. The molecule has 1 fully saturated rings. The molecule has 3 amide bonds. The minimum atomic E-state index is -0.352. The van der Waals surface area contributed by atoms with Gasteiger partial charge in [-0.1, -0.05) is 0 Å². The number of carbonyl (C=O) groups is 2. The summed E-state index contributed by atoms with van der Waals surface area (Å²) in [7, 11) is 0. The number of amides is 3. The Morgan fingerprint density at radius 3 is 2.75 bits per heavy atom. The Morgan fingerprint density at radius 1 is 1.38 bits per heavy atom. The first-order valence-corrected chi connectivity index (χ1v) is 6.51. The molecule has 0 unspecified atom stereocenters. The van der Waals surface area contributed by atoms with E-state index in [1.165, 1.54) is 0 Å². The highest BCUT2D eigenvalue weighted by Gasteiger charge is 2.24. The average molecular weight is 395 g/mol. The Hall–Kier alpha value is -0.630. The fourth-order valence-corrected chi connectivity index (χ4v) is 2.21. The van der Waals surface area contributed by atoms with Crippen molar-refractivity contribution in [2.45, 2.75) is 6.42 Å². The first-order valence-electron chi connectivity index (χ1n) is 4.64. The highest BCUT2D eigenvalue weighted by molar-refractivity contribution is 14.1. The molecule has 16 heavy (non-hydrogen) atoms. The molecule has 0 spiro atoms. The van der Waals surface area contributed by atoms with Crippen molar-refractivity contribution in [3.63, 3.8) is 0 Å². The van der Waals surface area contributed by atoms with E-state index in [-0.39, 0.29) is 11.9 Å². The predicted molar refractivity (Wildman–Crippen MR) is 72.4 cm³/mol. The third-order valence-electron chi connectivity index (χ3n) is 2.27. The van der Waals surface area contributed by atoms with Crippen molar-refractivity contribution in [2.24, 2.45) is 0 Å². The molecule has 1 aromatic rings. The minimum Gasteiger partial charge on any atom is -0.294 e. The lowest BCUT2D eigenvalue weighted by atomic mass is 10.2. The molecule has 0 aromatic heterocycles. The summed E-state index contributed by atoms with van der Waals surface area (Å²) in [5.74, 6) is -0.215. The van der Waals surface area contributed by atoms with Crippen LogP contribution < -0.4 is 10.2 Å². The zero-order chi connectivity index (χ0) is 11.7. The van der Waals surface area contributed by atoms with Gasteiger partial charge in [-0.15, -0.1) is 0 Å². The third-order valence-corrected chi connectivity index (χ3v) is 4.59. The molecule has 84 valence electrons. The van der Waals surface area contributed by atoms with Gasteiger partial charge in [-0.3, -0.25) is 15.0 Å². The number of nitrogens with one attached hydrogen (secondary N) is 1. The van der Waals surface area contributed by atoms with Crippen LogP contribution in [-0.2, 0) is 4.79 Å². The van der Waals surface area contributed by atoms with Crippen LogP contribution in [0.2, 0.25) is 0 Å². The van der Waals surface area contributed by atoms with Gasteiger partial charge in [-0.25, -0.2) is 4.79 Å². The molecular formula is C10H8BrIN2O2. The van der Waals surface area contributed by atoms with E-state index in [2.05, 4.69) is 43.8 Å². The lowest BCUT2D eigenvalue weighted by molar-refractivity contribution is -0.120. The van der Waals surface area contributed by atoms with Gasteiger partial charge in [0.05, 0.1) is 0 Å². The van der Waals surface area contributed by atoms with Gasteiger partial charge >= 0.3 is 6.03 Å². The molecule has 1 N–H and O–H groups in total. The Balaban J connectivity index is 2.27. The highest BCUT2D eigenvalue weighted by atomic mass is 127. The van der Waals surface area contributed by atoms with Gasteiger partial charge in [0.1, 0.15) is 0 Å². The molecule has 6 heteroatoms. The van der Waals surface area contributed by atoms with Crippen LogP contribution in [0.5, 0.6) is 0 Å². The number of anilines is 1. The number of nitrogens with zero attached hydrogens (tertiary/aromatic N) is 1. The second-order valence-corrected chi connectivity index (χ2v) is 5.37. The van der Waals surface area contributed by atoms with Crippen molar-refractivity contribution in [3.05, 3.63) is 26.2 Å². The number of imide groups is 1. The molecule has 0 aliphatic carbocycles. The van der Waals surface area contributed by atoms with Crippen molar-refractivity contribution >= 4 is 56.1 Å². The van der Waals surface area contributed by atoms with Crippen molar-refractivity contribution in [1.82, 2.24) is 5.32 Å². The summed E-state index contributed by atoms with van der Waals surface area (Å²) in [6, 6.07) is 5.29. The van der Waals surface area contributed by atoms with Gasteiger partial charge in [-0.05, 0) is 56.7 Å². The molecule has 0 atom stereocenters. The van der Waals surface area contributed by atoms with E-state index in [9.17, 15) is 9.59 Å². The van der Waals surface area contributed by atoms with Crippen LogP contribution in [0.25, 0.3) is 0 Å². The largest absolute Gasteiger partial charge is 0.328 e. The Kier molecular flexibility index (Phi) is 3.48. The van der Waals surface area contributed by atoms with E-state index >= 15 is 0 Å². The van der Waals surface area contributed by atoms with Gasteiger partial charge in [-0.2, -0.15) is 0 Å². The summed E-state index contributed by atoms with van der Waals surface area (Å²) in [6.45, 7) is 0.433. The van der Waals surface area contributed by atoms with E-state index in [0.29, 0.717) is 13.0 Å². The Bertz CT molecular complexity index is 464. The first-order chi connectivity index (χ1) is 7.58. The quantitative estimate of drug-likeness (QED) is 0.744. The molecule has 0 bridgehead atoms. The second kappa shape index (κ2) is 4.70. The van der Waals surface area contributed by atoms with Crippen LogP contribution in [0.3, 0.4) is 0 Å². The maximum absolute atomic E-state index is 11.6. The molecule has 1 aliphatic heterocycles. The standard InChI is InChI=1S/C10H8BrIN2O2/c11-7-2-1-6(5-8(7)12)14-4-3-9(15)13-10(14)16/h1-2,5H,3-4H2,(H,13,15,16). The first kappa shape index (κ1) is 11.8. The van der Waals surface area contributed by atoms with Crippen LogP contribution in [0, 0.1) is 3.57 Å². The average Bonchev–Trinajstić information content (AvgIpc) is 2.22. The second-order valence-electron chi connectivity index (χ2n) is 3.35. The highest BCUT2D eigenvalue weighted by Crippen LogP contribution is 2.25. The third kappa shape index (κ3) is 2.37. The molecule has 1 saturated heterocycles. The summed E-state index contributed by atoms with van der Waals surface area (Å²) in [5.41, 5.74) is 0.803. The predicted octanol–water partition coefficient (Wildman–Crippen LogP) is 2.50. The fraction of sp³-hybridized carbons (Fsp3) is 0.200. The molecule has 0 saturated carbocycles. The Labute approximate surface area is 115 Å². The zero-order valence-electron chi connectivity index (χ0n) is 8.17. The lowest BCUT2D eigenvalue weighted by Crippen LogP contribution is -2.49. The van der Waals surface area contributed by atoms with E-state index < -0.39 is 0 Å². The molecule has 1 aromatic carbocycles. The maximum Gasteiger partial charge on any atom is 0.328 e. The monoisotopic (exact) mass is 394 g/mol. The van der Waals surface area contributed by atoms with Crippen LogP contribution in [-0.4, -0.2) is 18.5 Å². The van der Waals surface area contributed by atoms with E-state index in [0.717, 1.165) is 13.7 Å². The summed E-state index contributed by atoms with van der Waals surface area (Å²) in [4.78, 5) is 24.2. The van der Waals surface area contributed by atoms with Gasteiger partial charge in [0.25, 0.3) is 0 Å². The number of urea groups is 1. The van der Waals surface area contributed by atoms with Crippen LogP contribution in [0.15, 0.2) is 22.7 Å². The molecule has 0 radical (unpaired) electrons. The minimum absolute atomic E-state index is 0.215. The van der Waals surface area contributed by atoms with Crippen molar-refractivity contribution in [1.29, 1.82) is 0 Å². The summed E-state index contributed by atoms with van der Waals surface area (Å²) < 4.78 is 2.02. The van der Waals surface area contributed by atoms with Crippen molar-refractivity contribution in [3.8, 4) is 0 Å². The van der Waals surface area contributed by atoms with Gasteiger partial charge in [0.15, 0.2) is 0 Å². The fourth-order valence-electron chi connectivity index (χ4n) is 1.46. The van der Waals surface area contributed by atoms with Gasteiger partial charge in [0.2, 0.25) is 5.91 Å². The molecule has 2 rings (SSSR count). The SMILES string of the molecule is O=C1CCN(c2ccc(Br)c(I)c2)C(=O)N1.